The summed E-state index contributed by atoms with van der Waals surface area (Å²) < 4.78 is 3.80. The SMILES string of the molecule is Cc1ccn2cc(C(=O)NC3CCC(n4cncn4)CC3)nc2c1. The van der Waals surface area contributed by atoms with E-state index in [9.17, 15) is 4.79 Å². The standard InChI is InChI=1S/C17H20N6O/c1-12-6-7-22-9-15(21-16(22)8-12)17(24)20-13-2-4-14(5-3-13)23-11-18-10-19-23/h6-11,13-14H,2-5H2,1H3,(H,20,24). The van der Waals surface area contributed by atoms with Gasteiger partial charge < -0.3 is 9.72 Å². The van der Waals surface area contributed by atoms with Gasteiger partial charge in [0.2, 0.25) is 0 Å². The predicted molar refractivity (Wildman–Crippen MR) is 88.7 cm³/mol. The highest BCUT2D eigenvalue weighted by Crippen LogP contribution is 2.27. The Kier molecular flexibility index (Phi) is 3.76. The van der Waals surface area contributed by atoms with Crippen LogP contribution in [-0.4, -0.2) is 36.1 Å². The molecule has 24 heavy (non-hydrogen) atoms. The first kappa shape index (κ1) is 14.9. The molecule has 0 aromatic carbocycles. The number of aryl methyl sites for hydroxylation is 1. The molecule has 0 unspecified atom stereocenters. The van der Waals surface area contributed by atoms with Crippen LogP contribution in [0, 0.1) is 6.92 Å². The van der Waals surface area contributed by atoms with Crippen LogP contribution >= 0.6 is 0 Å². The van der Waals surface area contributed by atoms with Gasteiger partial charge in [-0.15, -0.1) is 0 Å². The number of nitrogens with zero attached hydrogens (tertiary/aromatic N) is 5. The van der Waals surface area contributed by atoms with Crippen molar-refractivity contribution in [3.63, 3.8) is 0 Å². The maximum absolute atomic E-state index is 12.5. The quantitative estimate of drug-likeness (QED) is 0.801. The molecule has 124 valence electrons. The lowest BCUT2D eigenvalue weighted by molar-refractivity contribution is 0.0917. The van der Waals surface area contributed by atoms with Gasteiger partial charge in [-0.1, -0.05) is 0 Å². The number of nitrogens with one attached hydrogen (secondary N) is 1. The Morgan fingerprint density at radius 1 is 1.29 bits per heavy atom. The van der Waals surface area contributed by atoms with Gasteiger partial charge in [-0.05, 0) is 50.3 Å². The van der Waals surface area contributed by atoms with E-state index in [1.807, 2.05) is 34.3 Å². The van der Waals surface area contributed by atoms with Crippen LogP contribution in [0.2, 0.25) is 0 Å². The number of fused-ring (bicyclic) bond motifs is 1. The second-order valence-corrected chi connectivity index (χ2v) is 6.45. The zero-order valence-corrected chi connectivity index (χ0v) is 13.6. The molecular formula is C17H20N6O. The van der Waals surface area contributed by atoms with E-state index in [0.29, 0.717) is 11.7 Å². The van der Waals surface area contributed by atoms with Crippen LogP contribution in [-0.2, 0) is 0 Å². The monoisotopic (exact) mass is 324 g/mol. The van der Waals surface area contributed by atoms with Crippen LogP contribution < -0.4 is 5.32 Å². The van der Waals surface area contributed by atoms with E-state index >= 15 is 0 Å². The highest BCUT2D eigenvalue weighted by Gasteiger charge is 2.24. The summed E-state index contributed by atoms with van der Waals surface area (Å²) in [7, 11) is 0. The minimum atomic E-state index is -0.0967. The van der Waals surface area contributed by atoms with Gasteiger partial charge in [0.25, 0.3) is 5.91 Å². The van der Waals surface area contributed by atoms with Gasteiger partial charge in [-0.2, -0.15) is 5.10 Å². The minimum absolute atomic E-state index is 0.0967. The zero-order chi connectivity index (χ0) is 16.5. The van der Waals surface area contributed by atoms with E-state index in [2.05, 4.69) is 20.4 Å². The first-order valence-corrected chi connectivity index (χ1v) is 8.29. The molecule has 1 saturated carbocycles. The van der Waals surface area contributed by atoms with Gasteiger partial charge in [0.15, 0.2) is 0 Å². The molecule has 0 spiro atoms. The summed E-state index contributed by atoms with van der Waals surface area (Å²) in [6, 6.07) is 4.56. The van der Waals surface area contributed by atoms with Crippen molar-refractivity contribution in [3.05, 3.63) is 48.4 Å². The smallest absolute Gasteiger partial charge is 0.271 e. The molecule has 0 bridgehead atoms. The summed E-state index contributed by atoms with van der Waals surface area (Å²) in [6.45, 7) is 2.02. The van der Waals surface area contributed by atoms with Crippen molar-refractivity contribution >= 4 is 11.6 Å². The predicted octanol–water partition coefficient (Wildman–Crippen LogP) is 2.15. The largest absolute Gasteiger partial charge is 0.348 e. The van der Waals surface area contributed by atoms with Crippen molar-refractivity contribution in [1.29, 1.82) is 0 Å². The molecule has 0 atom stereocenters. The number of pyridine rings is 1. The average Bonchev–Trinajstić information content (AvgIpc) is 3.24. The highest BCUT2D eigenvalue weighted by molar-refractivity contribution is 5.93. The number of hydrogen-bond acceptors (Lipinski definition) is 4. The Bertz CT molecular complexity index is 845. The topological polar surface area (TPSA) is 77.1 Å². The molecule has 1 fully saturated rings. The first-order chi connectivity index (χ1) is 11.7. The zero-order valence-electron chi connectivity index (χ0n) is 13.6. The number of aromatic nitrogens is 5. The molecule has 7 nitrogen and oxygen atoms in total. The molecule has 1 N–H and O–H groups in total. The van der Waals surface area contributed by atoms with E-state index in [1.54, 1.807) is 18.9 Å². The lowest BCUT2D eigenvalue weighted by Gasteiger charge is -2.28. The van der Waals surface area contributed by atoms with E-state index < -0.39 is 0 Å². The van der Waals surface area contributed by atoms with Crippen LogP contribution in [0.5, 0.6) is 0 Å². The molecular weight excluding hydrogens is 304 g/mol. The van der Waals surface area contributed by atoms with Crippen LogP contribution in [0.4, 0.5) is 0 Å². The van der Waals surface area contributed by atoms with Crippen molar-refractivity contribution in [3.8, 4) is 0 Å². The Hall–Kier alpha value is -2.70. The number of carbonyl (C=O) groups excluding carboxylic acids is 1. The summed E-state index contributed by atoms with van der Waals surface area (Å²) >= 11 is 0. The maximum atomic E-state index is 12.5. The third-order valence-corrected chi connectivity index (χ3v) is 4.69. The van der Waals surface area contributed by atoms with Crippen molar-refractivity contribution < 1.29 is 4.79 Å². The molecule has 3 heterocycles. The molecule has 7 heteroatoms. The molecule has 3 aromatic rings. The lowest BCUT2D eigenvalue weighted by Crippen LogP contribution is -2.38. The van der Waals surface area contributed by atoms with Gasteiger partial charge in [0.05, 0.1) is 6.04 Å². The Morgan fingerprint density at radius 3 is 2.88 bits per heavy atom. The average molecular weight is 324 g/mol. The summed E-state index contributed by atoms with van der Waals surface area (Å²) in [4.78, 5) is 20.9. The van der Waals surface area contributed by atoms with Crippen molar-refractivity contribution in [1.82, 2.24) is 29.5 Å². The fourth-order valence-electron chi connectivity index (χ4n) is 3.34. The van der Waals surface area contributed by atoms with Gasteiger partial charge in [0, 0.05) is 18.4 Å². The fraction of sp³-hybridized carbons (Fsp3) is 0.412. The first-order valence-electron chi connectivity index (χ1n) is 8.29. The summed E-state index contributed by atoms with van der Waals surface area (Å²) in [5.41, 5.74) is 2.40. The number of rotatable bonds is 3. The van der Waals surface area contributed by atoms with E-state index in [4.69, 9.17) is 0 Å². The molecule has 1 aliphatic carbocycles. The molecule has 0 radical (unpaired) electrons. The van der Waals surface area contributed by atoms with E-state index in [0.717, 1.165) is 36.9 Å². The normalized spacial score (nSPS) is 21.0. The lowest BCUT2D eigenvalue weighted by atomic mass is 9.91. The van der Waals surface area contributed by atoms with Crippen LogP contribution in [0.1, 0.15) is 47.8 Å². The van der Waals surface area contributed by atoms with Crippen molar-refractivity contribution in [2.24, 2.45) is 0 Å². The fourth-order valence-corrected chi connectivity index (χ4v) is 3.34. The third-order valence-electron chi connectivity index (χ3n) is 4.69. The number of imidazole rings is 1. The van der Waals surface area contributed by atoms with Crippen LogP contribution in [0.3, 0.4) is 0 Å². The van der Waals surface area contributed by atoms with Gasteiger partial charge >= 0.3 is 0 Å². The second-order valence-electron chi connectivity index (χ2n) is 6.45. The molecule has 3 aromatic heterocycles. The Morgan fingerprint density at radius 2 is 2.12 bits per heavy atom. The second kappa shape index (κ2) is 6.07. The van der Waals surface area contributed by atoms with Crippen molar-refractivity contribution in [2.45, 2.75) is 44.7 Å². The van der Waals surface area contributed by atoms with Crippen molar-refractivity contribution in [2.75, 3.05) is 0 Å². The van der Waals surface area contributed by atoms with Gasteiger partial charge in [0.1, 0.15) is 24.0 Å². The minimum Gasteiger partial charge on any atom is -0.348 e. The highest BCUT2D eigenvalue weighted by atomic mass is 16.2. The molecule has 4 rings (SSSR count). The van der Waals surface area contributed by atoms with Gasteiger partial charge in [-0.3, -0.25) is 4.79 Å². The third kappa shape index (κ3) is 2.89. The Labute approximate surface area is 139 Å². The number of hydrogen-bond donors (Lipinski definition) is 1. The summed E-state index contributed by atoms with van der Waals surface area (Å²) in [6.07, 6.45) is 10.9. The summed E-state index contributed by atoms with van der Waals surface area (Å²) in [5.74, 6) is -0.0967. The van der Waals surface area contributed by atoms with Crippen LogP contribution in [0.25, 0.3) is 5.65 Å². The number of carbonyl (C=O) groups is 1. The van der Waals surface area contributed by atoms with E-state index in [1.165, 1.54) is 0 Å². The van der Waals surface area contributed by atoms with Gasteiger partial charge in [-0.25, -0.2) is 14.6 Å². The molecule has 1 aliphatic rings. The number of amides is 1. The van der Waals surface area contributed by atoms with Crippen LogP contribution in [0.15, 0.2) is 37.2 Å². The Balaban J connectivity index is 1.39. The molecule has 0 aliphatic heterocycles. The van der Waals surface area contributed by atoms with E-state index in [-0.39, 0.29) is 11.9 Å². The summed E-state index contributed by atoms with van der Waals surface area (Å²) in [5, 5.41) is 7.33. The molecule has 1 amide bonds. The maximum Gasteiger partial charge on any atom is 0.271 e. The molecule has 0 saturated heterocycles.